The maximum atomic E-state index is 13.5. The monoisotopic (exact) mass is 469 g/mol. The fourth-order valence-corrected chi connectivity index (χ4v) is 6.47. The van der Waals surface area contributed by atoms with Gasteiger partial charge in [0.1, 0.15) is 5.25 Å². The minimum Gasteiger partial charge on any atom is -0.378 e. The first kappa shape index (κ1) is 22.5. The Labute approximate surface area is 199 Å². The van der Waals surface area contributed by atoms with Crippen LogP contribution in [0.1, 0.15) is 31.2 Å². The van der Waals surface area contributed by atoms with E-state index in [0.717, 1.165) is 31.2 Å². The van der Waals surface area contributed by atoms with Gasteiger partial charge in [-0.25, -0.2) is 4.79 Å². The standard InChI is InChI=1S/C25H31N3O4S/c29-23(26-11-13-32-14-12-26)20-8-6-19(7-9-20)17-28-24(30)22-21(10-15-33-22)27(25(28)31)16-18-4-2-1-3-5-18/h1-5,10,15,19-22H,6-9,11-14,16-17H2. The Morgan fingerprint density at radius 3 is 2.48 bits per heavy atom. The number of thioether (sulfide) groups is 1. The molecule has 1 saturated carbocycles. The predicted octanol–water partition coefficient (Wildman–Crippen LogP) is 3.11. The Morgan fingerprint density at radius 2 is 1.76 bits per heavy atom. The number of benzene rings is 1. The molecule has 0 bridgehead atoms. The van der Waals surface area contributed by atoms with Crippen molar-refractivity contribution in [2.24, 2.45) is 11.8 Å². The zero-order chi connectivity index (χ0) is 22.8. The van der Waals surface area contributed by atoms with E-state index in [-0.39, 0.29) is 41.0 Å². The Hall–Kier alpha value is -2.32. The maximum absolute atomic E-state index is 13.5. The highest BCUT2D eigenvalue weighted by Crippen LogP contribution is 2.37. The van der Waals surface area contributed by atoms with Crippen molar-refractivity contribution in [2.45, 2.75) is 43.5 Å². The molecule has 0 N–H and O–H groups in total. The van der Waals surface area contributed by atoms with Gasteiger partial charge in [0.25, 0.3) is 0 Å². The van der Waals surface area contributed by atoms with Crippen molar-refractivity contribution in [3.05, 3.63) is 47.4 Å². The topological polar surface area (TPSA) is 70.2 Å². The number of carbonyl (C=O) groups excluding carboxylic acids is 3. The van der Waals surface area contributed by atoms with Crippen LogP contribution in [-0.4, -0.2) is 76.7 Å². The number of amides is 4. The summed E-state index contributed by atoms with van der Waals surface area (Å²) in [5.41, 5.74) is 1.06. The predicted molar refractivity (Wildman–Crippen MR) is 126 cm³/mol. The molecule has 5 rings (SSSR count). The fraction of sp³-hybridized carbons (Fsp3) is 0.560. The van der Waals surface area contributed by atoms with Crippen LogP contribution in [0.4, 0.5) is 4.79 Å². The van der Waals surface area contributed by atoms with E-state index in [1.807, 2.05) is 51.6 Å². The number of carbonyl (C=O) groups is 3. The molecule has 8 heteroatoms. The minimum absolute atomic E-state index is 0.0562. The van der Waals surface area contributed by atoms with Crippen molar-refractivity contribution in [2.75, 3.05) is 32.8 Å². The Bertz CT molecular complexity index is 909. The molecule has 3 heterocycles. The average Bonchev–Trinajstić information content (AvgIpc) is 3.36. The number of rotatable bonds is 5. The van der Waals surface area contributed by atoms with Gasteiger partial charge < -0.3 is 14.5 Å². The van der Waals surface area contributed by atoms with Crippen LogP contribution in [0.5, 0.6) is 0 Å². The smallest absolute Gasteiger partial charge is 0.327 e. The third-order valence-corrected chi connectivity index (χ3v) is 8.40. The van der Waals surface area contributed by atoms with E-state index in [1.54, 1.807) is 0 Å². The average molecular weight is 470 g/mol. The molecule has 1 aromatic rings. The first-order valence-corrected chi connectivity index (χ1v) is 12.9. The highest BCUT2D eigenvalue weighted by molar-refractivity contribution is 8.03. The van der Waals surface area contributed by atoms with Gasteiger partial charge in [0.2, 0.25) is 11.8 Å². The SMILES string of the molecule is O=C(C1CCC(CN2C(=O)C3SC=CC3N(Cc3ccccc3)C2=O)CC1)N1CCOCC1. The molecular weight excluding hydrogens is 438 g/mol. The van der Waals surface area contributed by atoms with E-state index in [4.69, 9.17) is 4.74 Å². The zero-order valence-corrected chi connectivity index (χ0v) is 19.6. The second-order valence-corrected chi connectivity index (χ2v) is 10.4. The van der Waals surface area contributed by atoms with Crippen molar-refractivity contribution in [1.29, 1.82) is 0 Å². The number of urea groups is 1. The molecule has 176 valence electrons. The molecule has 0 radical (unpaired) electrons. The normalized spacial score (nSPS) is 30.0. The molecule has 2 saturated heterocycles. The van der Waals surface area contributed by atoms with Crippen LogP contribution in [-0.2, 0) is 20.9 Å². The Kier molecular flexibility index (Phi) is 6.74. The lowest BCUT2D eigenvalue weighted by atomic mass is 9.81. The van der Waals surface area contributed by atoms with E-state index in [0.29, 0.717) is 39.4 Å². The summed E-state index contributed by atoms with van der Waals surface area (Å²) in [5.74, 6) is 0.477. The molecule has 0 spiro atoms. The maximum Gasteiger partial charge on any atom is 0.327 e. The van der Waals surface area contributed by atoms with E-state index in [9.17, 15) is 14.4 Å². The summed E-state index contributed by atoms with van der Waals surface area (Å²) in [4.78, 5) is 44.7. The zero-order valence-electron chi connectivity index (χ0n) is 18.8. The van der Waals surface area contributed by atoms with E-state index in [1.165, 1.54) is 16.7 Å². The van der Waals surface area contributed by atoms with Crippen molar-refractivity contribution in [1.82, 2.24) is 14.7 Å². The summed E-state index contributed by atoms with van der Waals surface area (Å²) in [6.07, 6.45) is 5.38. The summed E-state index contributed by atoms with van der Waals surface area (Å²) < 4.78 is 5.36. The number of nitrogens with zero attached hydrogens (tertiary/aromatic N) is 3. The van der Waals surface area contributed by atoms with Gasteiger partial charge in [0, 0.05) is 32.1 Å². The molecule has 2 atom stereocenters. The largest absolute Gasteiger partial charge is 0.378 e. The summed E-state index contributed by atoms with van der Waals surface area (Å²) in [7, 11) is 0. The molecule has 0 aromatic heterocycles. The second kappa shape index (κ2) is 9.89. The molecule has 2 unspecified atom stereocenters. The van der Waals surface area contributed by atoms with Crippen molar-refractivity contribution in [3.8, 4) is 0 Å². The quantitative estimate of drug-likeness (QED) is 0.663. The molecule has 4 aliphatic rings. The first-order valence-electron chi connectivity index (χ1n) is 12.0. The lowest BCUT2D eigenvalue weighted by Crippen LogP contribution is -2.62. The summed E-state index contributed by atoms with van der Waals surface area (Å²) in [6, 6.07) is 9.56. The van der Waals surface area contributed by atoms with Crippen LogP contribution in [0.3, 0.4) is 0 Å². The van der Waals surface area contributed by atoms with Crippen molar-refractivity contribution >= 4 is 29.6 Å². The van der Waals surface area contributed by atoms with Crippen molar-refractivity contribution in [3.63, 3.8) is 0 Å². The van der Waals surface area contributed by atoms with Crippen LogP contribution in [0.25, 0.3) is 0 Å². The van der Waals surface area contributed by atoms with Gasteiger partial charge in [0.05, 0.1) is 19.3 Å². The number of imide groups is 1. The highest BCUT2D eigenvalue weighted by Gasteiger charge is 2.47. The third-order valence-electron chi connectivity index (χ3n) is 7.31. The van der Waals surface area contributed by atoms with Gasteiger partial charge in [-0.05, 0) is 42.6 Å². The highest BCUT2D eigenvalue weighted by atomic mass is 32.2. The Morgan fingerprint density at radius 1 is 1.03 bits per heavy atom. The molecule has 7 nitrogen and oxygen atoms in total. The van der Waals surface area contributed by atoms with Gasteiger partial charge in [-0.2, -0.15) is 0 Å². The van der Waals surface area contributed by atoms with Crippen LogP contribution in [0.15, 0.2) is 41.8 Å². The number of ether oxygens (including phenoxy) is 1. The van der Waals surface area contributed by atoms with E-state index >= 15 is 0 Å². The molecular formula is C25H31N3O4S. The summed E-state index contributed by atoms with van der Waals surface area (Å²) in [5, 5.41) is 1.69. The number of hydrogen-bond donors (Lipinski definition) is 0. The van der Waals surface area contributed by atoms with E-state index in [2.05, 4.69) is 0 Å². The van der Waals surface area contributed by atoms with Crippen LogP contribution in [0, 0.1) is 11.8 Å². The Balaban J connectivity index is 1.22. The summed E-state index contributed by atoms with van der Waals surface area (Å²) >= 11 is 1.51. The van der Waals surface area contributed by atoms with Crippen molar-refractivity contribution < 1.29 is 19.1 Å². The van der Waals surface area contributed by atoms with Gasteiger partial charge in [0.15, 0.2) is 0 Å². The van der Waals surface area contributed by atoms with Gasteiger partial charge in [-0.1, -0.05) is 36.4 Å². The number of fused-ring (bicyclic) bond motifs is 1. The van der Waals surface area contributed by atoms with Gasteiger partial charge >= 0.3 is 6.03 Å². The lowest BCUT2D eigenvalue weighted by molar-refractivity contribution is -0.141. The molecule has 33 heavy (non-hydrogen) atoms. The molecule has 3 fully saturated rings. The van der Waals surface area contributed by atoms with E-state index < -0.39 is 0 Å². The first-order chi connectivity index (χ1) is 16.1. The third kappa shape index (κ3) is 4.68. The van der Waals surface area contributed by atoms with Gasteiger partial charge in [-0.15, -0.1) is 11.8 Å². The second-order valence-electron chi connectivity index (χ2n) is 9.38. The fourth-order valence-electron chi connectivity index (χ4n) is 5.41. The van der Waals surface area contributed by atoms with Crippen LogP contribution >= 0.6 is 11.8 Å². The molecule has 1 aliphatic carbocycles. The van der Waals surface area contributed by atoms with Crippen LogP contribution in [0.2, 0.25) is 0 Å². The molecule has 4 amide bonds. The van der Waals surface area contributed by atoms with Crippen LogP contribution < -0.4 is 0 Å². The van der Waals surface area contributed by atoms with Gasteiger partial charge in [-0.3, -0.25) is 14.5 Å². The summed E-state index contributed by atoms with van der Waals surface area (Å²) in [6.45, 7) is 3.55. The molecule has 1 aromatic carbocycles. The number of morpholine rings is 1. The minimum atomic E-state index is -0.259. The number of hydrogen-bond acceptors (Lipinski definition) is 5. The lowest BCUT2D eigenvalue weighted by Gasteiger charge is -2.43. The molecule has 3 aliphatic heterocycles.